The lowest BCUT2D eigenvalue weighted by molar-refractivity contribution is -0.121. The van der Waals surface area contributed by atoms with E-state index in [4.69, 9.17) is 0 Å². The highest BCUT2D eigenvalue weighted by Crippen LogP contribution is 2.11. The third-order valence-corrected chi connectivity index (χ3v) is 4.74. The Morgan fingerprint density at radius 2 is 1.65 bits per heavy atom. The van der Waals surface area contributed by atoms with Crippen molar-refractivity contribution in [3.8, 4) is 0 Å². The van der Waals surface area contributed by atoms with Gasteiger partial charge in [0.1, 0.15) is 0 Å². The van der Waals surface area contributed by atoms with Crippen molar-refractivity contribution in [2.45, 2.75) is 84.0 Å². The molecule has 0 spiro atoms. The maximum atomic E-state index is 11.6. The van der Waals surface area contributed by atoms with E-state index >= 15 is 0 Å². The zero-order valence-electron chi connectivity index (χ0n) is 14.6. The molecule has 0 bridgehead atoms. The molecule has 0 aliphatic rings. The maximum absolute atomic E-state index is 11.6. The number of nitrogens with one attached hydrogen (secondary N) is 1. The summed E-state index contributed by atoms with van der Waals surface area (Å²) in [7, 11) is 0. The second-order valence-electron chi connectivity index (χ2n) is 6.09. The van der Waals surface area contributed by atoms with E-state index in [1.54, 1.807) is 17.6 Å². The van der Waals surface area contributed by atoms with Crippen molar-refractivity contribution in [2.24, 2.45) is 5.10 Å². The first-order valence-corrected chi connectivity index (χ1v) is 10.1. The molecule has 0 aliphatic heterocycles. The van der Waals surface area contributed by atoms with Gasteiger partial charge in [0.2, 0.25) is 5.91 Å². The van der Waals surface area contributed by atoms with E-state index in [0.29, 0.717) is 6.42 Å². The Kier molecular flexibility index (Phi) is 12.5. The molecule has 1 amide bonds. The van der Waals surface area contributed by atoms with Gasteiger partial charge in [0.15, 0.2) is 0 Å². The number of hydrogen-bond donors (Lipinski definition) is 1. The Labute approximate surface area is 145 Å². The first kappa shape index (κ1) is 19.9. The van der Waals surface area contributed by atoms with Crippen LogP contribution in [0, 0.1) is 0 Å². The summed E-state index contributed by atoms with van der Waals surface area (Å²) in [5, 5.41) is 5.96. The number of unbranched alkanes of at least 4 members (excludes halogenated alkanes) is 10. The number of carbonyl (C=O) groups excluding carboxylic acids is 1. The number of rotatable bonds is 14. The Balaban J connectivity index is 1.84. The zero-order valence-corrected chi connectivity index (χ0v) is 15.4. The number of hydrogen-bond acceptors (Lipinski definition) is 3. The molecular formula is C19H32N2OS. The number of hydrazone groups is 1. The third kappa shape index (κ3) is 12.0. The standard InChI is InChI=1S/C19H32N2OS/c1-2-3-4-5-6-7-8-9-10-11-12-15-19(22)21-20-17-18-14-13-16-23-18/h13-14,16-17H,2-12,15H2,1H3,(H,21,22)/b20-17+. The van der Waals surface area contributed by atoms with Crippen molar-refractivity contribution in [3.05, 3.63) is 22.4 Å². The van der Waals surface area contributed by atoms with Crippen molar-refractivity contribution in [3.63, 3.8) is 0 Å². The highest BCUT2D eigenvalue weighted by Gasteiger charge is 1.99. The van der Waals surface area contributed by atoms with Gasteiger partial charge in [-0.25, -0.2) is 5.43 Å². The molecule has 130 valence electrons. The zero-order chi connectivity index (χ0) is 16.6. The summed E-state index contributed by atoms with van der Waals surface area (Å²) in [5.41, 5.74) is 2.59. The molecule has 1 heterocycles. The topological polar surface area (TPSA) is 41.5 Å². The maximum Gasteiger partial charge on any atom is 0.240 e. The molecule has 0 fully saturated rings. The van der Waals surface area contributed by atoms with Gasteiger partial charge in [-0.3, -0.25) is 4.79 Å². The smallest absolute Gasteiger partial charge is 0.240 e. The first-order chi connectivity index (χ1) is 11.3. The number of thiophene rings is 1. The van der Waals surface area contributed by atoms with Crippen molar-refractivity contribution in [2.75, 3.05) is 0 Å². The van der Waals surface area contributed by atoms with E-state index in [-0.39, 0.29) is 5.91 Å². The van der Waals surface area contributed by atoms with Crippen molar-refractivity contribution in [1.82, 2.24) is 5.43 Å². The van der Waals surface area contributed by atoms with E-state index in [1.807, 2.05) is 17.5 Å². The number of carbonyl (C=O) groups is 1. The van der Waals surface area contributed by atoms with Gasteiger partial charge in [-0.05, 0) is 17.9 Å². The van der Waals surface area contributed by atoms with Crippen LogP contribution < -0.4 is 5.43 Å². The number of nitrogens with zero attached hydrogens (tertiary/aromatic N) is 1. The average molecular weight is 337 g/mol. The fraction of sp³-hybridized carbons (Fsp3) is 0.684. The lowest BCUT2D eigenvalue weighted by Gasteiger charge is -2.02. The second kappa shape index (κ2) is 14.4. The van der Waals surface area contributed by atoms with Crippen LogP contribution in [0.25, 0.3) is 0 Å². The monoisotopic (exact) mass is 336 g/mol. The summed E-state index contributed by atoms with van der Waals surface area (Å²) in [6.07, 6.45) is 16.6. The molecule has 1 aromatic rings. The predicted octanol–water partition coefficient (Wildman–Crippen LogP) is 5.90. The van der Waals surface area contributed by atoms with Crippen LogP contribution in [0.1, 0.15) is 88.9 Å². The highest BCUT2D eigenvalue weighted by atomic mass is 32.1. The Morgan fingerprint density at radius 3 is 2.22 bits per heavy atom. The van der Waals surface area contributed by atoms with E-state index in [9.17, 15) is 4.79 Å². The molecule has 1 aromatic heterocycles. The van der Waals surface area contributed by atoms with E-state index in [2.05, 4.69) is 17.5 Å². The lowest BCUT2D eigenvalue weighted by Crippen LogP contribution is -2.16. The summed E-state index contributed by atoms with van der Waals surface area (Å²) in [6.45, 7) is 2.26. The van der Waals surface area contributed by atoms with Crippen LogP contribution in [0.4, 0.5) is 0 Å². The van der Waals surface area contributed by atoms with Crippen LogP contribution in [0.2, 0.25) is 0 Å². The quantitative estimate of drug-likeness (QED) is 0.256. The summed E-state index contributed by atoms with van der Waals surface area (Å²) in [6, 6.07) is 3.95. The van der Waals surface area contributed by atoms with Crippen molar-refractivity contribution < 1.29 is 4.79 Å². The summed E-state index contributed by atoms with van der Waals surface area (Å²) < 4.78 is 0. The normalized spacial score (nSPS) is 11.2. The fourth-order valence-electron chi connectivity index (χ4n) is 2.54. The van der Waals surface area contributed by atoms with E-state index < -0.39 is 0 Å². The predicted molar refractivity (Wildman–Crippen MR) is 101 cm³/mol. The minimum Gasteiger partial charge on any atom is -0.273 e. The van der Waals surface area contributed by atoms with Crippen LogP contribution in [0.3, 0.4) is 0 Å². The van der Waals surface area contributed by atoms with Crippen LogP contribution in [-0.4, -0.2) is 12.1 Å². The second-order valence-corrected chi connectivity index (χ2v) is 7.07. The molecule has 23 heavy (non-hydrogen) atoms. The van der Waals surface area contributed by atoms with Crippen molar-refractivity contribution in [1.29, 1.82) is 0 Å². The summed E-state index contributed by atoms with van der Waals surface area (Å²) >= 11 is 1.61. The van der Waals surface area contributed by atoms with E-state index in [0.717, 1.165) is 17.7 Å². The molecule has 0 radical (unpaired) electrons. The SMILES string of the molecule is CCCCCCCCCCCCCC(=O)N/N=C/c1cccs1. The molecule has 3 nitrogen and oxygen atoms in total. The molecule has 1 rings (SSSR count). The van der Waals surface area contributed by atoms with Gasteiger partial charge in [0.25, 0.3) is 0 Å². The number of amides is 1. The van der Waals surface area contributed by atoms with Crippen LogP contribution in [0.5, 0.6) is 0 Å². The molecule has 0 unspecified atom stereocenters. The Hall–Kier alpha value is -1.16. The molecule has 0 aromatic carbocycles. The van der Waals surface area contributed by atoms with Gasteiger partial charge in [0, 0.05) is 11.3 Å². The Bertz CT molecular complexity index is 415. The van der Waals surface area contributed by atoms with Crippen LogP contribution in [0.15, 0.2) is 22.6 Å². The van der Waals surface area contributed by atoms with Gasteiger partial charge in [-0.2, -0.15) is 5.10 Å². The molecule has 0 saturated heterocycles. The molecule has 4 heteroatoms. The van der Waals surface area contributed by atoms with Gasteiger partial charge in [0.05, 0.1) is 6.21 Å². The average Bonchev–Trinajstić information content (AvgIpc) is 3.06. The van der Waals surface area contributed by atoms with Gasteiger partial charge in [-0.1, -0.05) is 77.2 Å². The molecule has 1 N–H and O–H groups in total. The minimum atomic E-state index is 0.0220. The lowest BCUT2D eigenvalue weighted by atomic mass is 10.1. The summed E-state index contributed by atoms with van der Waals surface area (Å²) in [5.74, 6) is 0.0220. The fourth-order valence-corrected chi connectivity index (χ4v) is 3.12. The molecular weight excluding hydrogens is 304 g/mol. The molecule has 0 aliphatic carbocycles. The van der Waals surface area contributed by atoms with Gasteiger partial charge >= 0.3 is 0 Å². The largest absolute Gasteiger partial charge is 0.273 e. The highest BCUT2D eigenvalue weighted by molar-refractivity contribution is 7.11. The minimum absolute atomic E-state index is 0.0220. The van der Waals surface area contributed by atoms with Crippen LogP contribution >= 0.6 is 11.3 Å². The molecule has 0 atom stereocenters. The van der Waals surface area contributed by atoms with Gasteiger partial charge < -0.3 is 0 Å². The third-order valence-electron chi connectivity index (χ3n) is 3.93. The van der Waals surface area contributed by atoms with E-state index in [1.165, 1.54) is 57.8 Å². The van der Waals surface area contributed by atoms with Crippen LogP contribution in [-0.2, 0) is 4.79 Å². The molecule has 0 saturated carbocycles. The summed E-state index contributed by atoms with van der Waals surface area (Å²) in [4.78, 5) is 12.7. The Morgan fingerprint density at radius 1 is 1.04 bits per heavy atom. The first-order valence-electron chi connectivity index (χ1n) is 9.18. The van der Waals surface area contributed by atoms with Gasteiger partial charge in [-0.15, -0.1) is 11.3 Å². The van der Waals surface area contributed by atoms with Crippen molar-refractivity contribution >= 4 is 23.5 Å².